The average Bonchev–Trinajstić information content (AvgIpc) is 3.16. The molecule has 2 heterocycles. The molecule has 1 aromatic rings. The summed E-state index contributed by atoms with van der Waals surface area (Å²) < 4.78 is 2.00. The third-order valence-corrected chi connectivity index (χ3v) is 4.77. The molecule has 1 N–H and O–H groups in total. The topological polar surface area (TPSA) is 46.0 Å². The van der Waals surface area contributed by atoms with Crippen LogP contribution >= 0.6 is 0 Å². The highest BCUT2D eigenvalue weighted by Gasteiger charge is 2.45. The van der Waals surface area contributed by atoms with Crippen molar-refractivity contribution in [3.05, 3.63) is 12.2 Å². The molecule has 1 aliphatic carbocycles. The second-order valence-electron chi connectivity index (χ2n) is 6.32. The fraction of sp³-hybridized carbons (Fsp3) is 0.857. The first-order chi connectivity index (χ1) is 9.12. The van der Waals surface area contributed by atoms with Gasteiger partial charge in [-0.05, 0) is 39.5 Å². The quantitative estimate of drug-likeness (QED) is 0.888. The Labute approximate surface area is 115 Å². The van der Waals surface area contributed by atoms with Crippen LogP contribution in [0, 0.1) is 5.92 Å². The van der Waals surface area contributed by atoms with Gasteiger partial charge in [-0.1, -0.05) is 0 Å². The van der Waals surface area contributed by atoms with E-state index in [0.29, 0.717) is 11.6 Å². The van der Waals surface area contributed by atoms with E-state index in [1.807, 2.05) is 4.68 Å². The monoisotopic (exact) mass is 263 g/mol. The molecule has 2 atom stereocenters. The normalized spacial score (nSPS) is 32.7. The Kier molecular flexibility index (Phi) is 3.35. The Morgan fingerprint density at radius 3 is 2.95 bits per heavy atom. The molecular weight excluding hydrogens is 238 g/mol. The van der Waals surface area contributed by atoms with Gasteiger partial charge in [-0.2, -0.15) is 5.10 Å². The Hall–Kier alpha value is -0.940. The van der Waals surface area contributed by atoms with E-state index >= 15 is 0 Å². The highest BCUT2D eigenvalue weighted by atomic mass is 15.4. The van der Waals surface area contributed by atoms with Gasteiger partial charge in [0.1, 0.15) is 12.2 Å². The van der Waals surface area contributed by atoms with Crippen LogP contribution in [0.4, 0.5) is 0 Å². The summed E-state index contributed by atoms with van der Waals surface area (Å²) in [7, 11) is 0. The fourth-order valence-corrected chi connectivity index (χ4v) is 3.21. The molecule has 2 fully saturated rings. The van der Waals surface area contributed by atoms with Crippen molar-refractivity contribution in [1.82, 2.24) is 25.0 Å². The zero-order valence-electron chi connectivity index (χ0n) is 12.3. The Morgan fingerprint density at radius 2 is 2.26 bits per heavy atom. The molecule has 1 aromatic heterocycles. The van der Waals surface area contributed by atoms with E-state index in [4.69, 9.17) is 0 Å². The minimum absolute atomic E-state index is 0.295. The molecule has 2 aliphatic rings. The van der Waals surface area contributed by atoms with Gasteiger partial charge in [0.05, 0.1) is 6.54 Å². The first kappa shape index (κ1) is 13.1. The summed E-state index contributed by atoms with van der Waals surface area (Å²) in [6, 6.07) is 0.564. The van der Waals surface area contributed by atoms with E-state index in [9.17, 15) is 0 Å². The van der Waals surface area contributed by atoms with Gasteiger partial charge in [0.15, 0.2) is 0 Å². The maximum absolute atomic E-state index is 4.41. The lowest BCUT2D eigenvalue weighted by Gasteiger charge is -2.45. The van der Waals surface area contributed by atoms with E-state index in [1.165, 1.54) is 12.8 Å². The standard InChI is InChI=1S/C14H25N5/c1-4-19-13(15-10-17-19)8-18-9-14(3,12-5-6-12)16-7-11(18)2/h10-12,16H,4-9H2,1-3H3. The van der Waals surface area contributed by atoms with Crippen molar-refractivity contribution in [2.45, 2.75) is 58.3 Å². The van der Waals surface area contributed by atoms with Gasteiger partial charge in [0, 0.05) is 31.2 Å². The number of nitrogens with zero attached hydrogens (tertiary/aromatic N) is 4. The average molecular weight is 263 g/mol. The van der Waals surface area contributed by atoms with Crippen LogP contribution in [0.5, 0.6) is 0 Å². The lowest BCUT2D eigenvalue weighted by atomic mass is 9.91. The Morgan fingerprint density at radius 1 is 1.47 bits per heavy atom. The minimum atomic E-state index is 0.295. The molecule has 5 heteroatoms. The molecule has 0 radical (unpaired) electrons. The molecule has 1 saturated carbocycles. The molecule has 1 saturated heterocycles. The molecule has 0 spiro atoms. The van der Waals surface area contributed by atoms with Crippen molar-refractivity contribution in [2.24, 2.45) is 5.92 Å². The first-order valence-corrected chi connectivity index (χ1v) is 7.48. The molecule has 1 aliphatic heterocycles. The number of hydrogen-bond donors (Lipinski definition) is 1. The molecule has 3 rings (SSSR count). The smallest absolute Gasteiger partial charge is 0.141 e. The van der Waals surface area contributed by atoms with Gasteiger partial charge < -0.3 is 5.32 Å². The van der Waals surface area contributed by atoms with Crippen LogP contribution in [0.2, 0.25) is 0 Å². The van der Waals surface area contributed by atoms with Crippen LogP contribution in [0.3, 0.4) is 0 Å². The predicted molar refractivity (Wildman–Crippen MR) is 74.7 cm³/mol. The number of aromatic nitrogens is 3. The van der Waals surface area contributed by atoms with Crippen LogP contribution in [-0.2, 0) is 13.1 Å². The van der Waals surface area contributed by atoms with Crippen molar-refractivity contribution < 1.29 is 0 Å². The summed E-state index contributed by atoms with van der Waals surface area (Å²) in [5.41, 5.74) is 0.295. The van der Waals surface area contributed by atoms with E-state index in [2.05, 4.69) is 41.1 Å². The molecule has 5 nitrogen and oxygen atoms in total. The number of nitrogens with one attached hydrogen (secondary N) is 1. The third-order valence-electron chi connectivity index (χ3n) is 4.77. The van der Waals surface area contributed by atoms with Gasteiger partial charge in [-0.25, -0.2) is 9.67 Å². The summed E-state index contributed by atoms with van der Waals surface area (Å²) in [5, 5.41) is 8.03. The van der Waals surface area contributed by atoms with Crippen molar-refractivity contribution in [1.29, 1.82) is 0 Å². The fourth-order valence-electron chi connectivity index (χ4n) is 3.21. The summed E-state index contributed by atoms with van der Waals surface area (Å²) in [4.78, 5) is 6.97. The van der Waals surface area contributed by atoms with Crippen LogP contribution in [0.1, 0.15) is 39.4 Å². The van der Waals surface area contributed by atoms with E-state index < -0.39 is 0 Å². The molecule has 19 heavy (non-hydrogen) atoms. The molecule has 0 bridgehead atoms. The summed E-state index contributed by atoms with van der Waals surface area (Å²) in [5.74, 6) is 1.96. The number of aryl methyl sites for hydroxylation is 1. The van der Waals surface area contributed by atoms with Crippen molar-refractivity contribution in [3.63, 3.8) is 0 Å². The van der Waals surface area contributed by atoms with Gasteiger partial charge in [-0.3, -0.25) is 4.90 Å². The second-order valence-corrected chi connectivity index (χ2v) is 6.32. The number of rotatable bonds is 4. The number of hydrogen-bond acceptors (Lipinski definition) is 4. The zero-order valence-corrected chi connectivity index (χ0v) is 12.3. The first-order valence-electron chi connectivity index (χ1n) is 7.48. The molecule has 2 unspecified atom stereocenters. The van der Waals surface area contributed by atoms with Crippen molar-refractivity contribution in [2.75, 3.05) is 13.1 Å². The zero-order chi connectivity index (χ0) is 13.5. The van der Waals surface area contributed by atoms with Gasteiger partial charge >= 0.3 is 0 Å². The van der Waals surface area contributed by atoms with Crippen molar-refractivity contribution >= 4 is 0 Å². The Balaban J connectivity index is 1.71. The van der Waals surface area contributed by atoms with Crippen LogP contribution in [0.15, 0.2) is 6.33 Å². The molecule has 0 amide bonds. The molecular formula is C14H25N5. The minimum Gasteiger partial charge on any atom is -0.308 e. The summed E-state index contributed by atoms with van der Waals surface area (Å²) >= 11 is 0. The van der Waals surface area contributed by atoms with E-state index in [0.717, 1.165) is 37.9 Å². The summed E-state index contributed by atoms with van der Waals surface area (Å²) in [6.45, 7) is 10.8. The van der Waals surface area contributed by atoms with Crippen molar-refractivity contribution in [3.8, 4) is 0 Å². The predicted octanol–water partition coefficient (Wildman–Crippen LogP) is 1.26. The van der Waals surface area contributed by atoms with E-state index in [-0.39, 0.29) is 0 Å². The maximum Gasteiger partial charge on any atom is 0.141 e. The van der Waals surface area contributed by atoms with Crippen LogP contribution in [0.25, 0.3) is 0 Å². The Bertz CT molecular complexity index is 439. The number of piperazine rings is 1. The van der Waals surface area contributed by atoms with Gasteiger partial charge in [-0.15, -0.1) is 0 Å². The molecule has 0 aromatic carbocycles. The second kappa shape index (κ2) is 4.87. The SMILES string of the molecule is CCn1ncnc1CN1CC(C)(C2CC2)NCC1C. The van der Waals surface area contributed by atoms with Crippen LogP contribution in [-0.4, -0.2) is 44.3 Å². The van der Waals surface area contributed by atoms with Crippen LogP contribution < -0.4 is 5.32 Å². The largest absolute Gasteiger partial charge is 0.308 e. The lowest BCUT2D eigenvalue weighted by molar-refractivity contribution is 0.0736. The molecule has 106 valence electrons. The van der Waals surface area contributed by atoms with Gasteiger partial charge in [0.2, 0.25) is 0 Å². The van der Waals surface area contributed by atoms with Gasteiger partial charge in [0.25, 0.3) is 0 Å². The third kappa shape index (κ3) is 2.54. The lowest BCUT2D eigenvalue weighted by Crippen LogP contribution is -2.63. The van der Waals surface area contributed by atoms with E-state index in [1.54, 1.807) is 6.33 Å². The highest BCUT2D eigenvalue weighted by molar-refractivity contribution is 5.04. The highest BCUT2D eigenvalue weighted by Crippen LogP contribution is 2.41. The summed E-state index contributed by atoms with van der Waals surface area (Å²) in [6.07, 6.45) is 4.44. The maximum atomic E-state index is 4.41.